The fraction of sp³-hybridized carbons (Fsp3) is 0.500. The van der Waals surface area contributed by atoms with Gasteiger partial charge >= 0.3 is 0 Å². The van der Waals surface area contributed by atoms with Crippen molar-refractivity contribution in [2.24, 2.45) is 16.6 Å². The van der Waals surface area contributed by atoms with Crippen LogP contribution in [0.4, 0.5) is 11.6 Å². The number of benzene rings is 1. The van der Waals surface area contributed by atoms with Crippen LogP contribution >= 0.6 is 0 Å². The van der Waals surface area contributed by atoms with Gasteiger partial charge in [0.05, 0.1) is 18.5 Å². The number of nitrogens with zero attached hydrogens (tertiary/aromatic N) is 4. The molecule has 2 fully saturated rings. The monoisotopic (exact) mass is 503 g/mol. The van der Waals surface area contributed by atoms with E-state index in [1.54, 1.807) is 19.2 Å². The summed E-state index contributed by atoms with van der Waals surface area (Å²) in [6.07, 6.45) is 7.71. The second-order valence-electron chi connectivity index (χ2n) is 10.2. The van der Waals surface area contributed by atoms with E-state index in [0.717, 1.165) is 86.4 Å². The zero-order valence-corrected chi connectivity index (χ0v) is 22.0. The molecule has 0 radical (unpaired) electrons. The van der Waals surface area contributed by atoms with Crippen molar-refractivity contribution in [3.05, 3.63) is 46.9 Å². The van der Waals surface area contributed by atoms with Crippen molar-refractivity contribution < 1.29 is 9.53 Å². The van der Waals surface area contributed by atoms with Crippen molar-refractivity contribution in [3.63, 3.8) is 0 Å². The Kier molecular flexibility index (Phi) is 7.41. The maximum Gasteiger partial charge on any atom is 0.251 e. The molecule has 0 unspecified atom stereocenters. The van der Waals surface area contributed by atoms with Crippen molar-refractivity contribution in [3.8, 4) is 5.75 Å². The Morgan fingerprint density at radius 3 is 2.70 bits per heavy atom. The Bertz CT molecular complexity index is 1230. The fourth-order valence-corrected chi connectivity index (χ4v) is 5.12. The number of fused-ring (bicyclic) bond motifs is 1. The SMILES string of the molecule is CCN=C(C1=C(N)CCc2cnc(Nc3ccc(C(=O)NC4CCN(C)CC4)cc3OC)nc21)C1CC1. The van der Waals surface area contributed by atoms with E-state index in [2.05, 4.69) is 34.5 Å². The number of hydrogen-bond acceptors (Lipinski definition) is 8. The number of aromatic nitrogens is 2. The molecule has 5 rings (SSSR count). The summed E-state index contributed by atoms with van der Waals surface area (Å²) in [5.74, 6) is 1.40. The van der Waals surface area contributed by atoms with Crippen LogP contribution in [-0.4, -0.2) is 66.3 Å². The van der Waals surface area contributed by atoms with E-state index >= 15 is 0 Å². The lowest BCUT2D eigenvalue weighted by molar-refractivity contribution is 0.0916. The number of piperidine rings is 1. The van der Waals surface area contributed by atoms with Gasteiger partial charge in [-0.2, -0.15) is 0 Å². The van der Waals surface area contributed by atoms with Crippen LogP contribution in [0.25, 0.3) is 5.57 Å². The molecule has 37 heavy (non-hydrogen) atoms. The Hall–Kier alpha value is -3.46. The van der Waals surface area contributed by atoms with E-state index in [1.165, 1.54) is 0 Å². The van der Waals surface area contributed by atoms with Gasteiger partial charge in [0.2, 0.25) is 5.95 Å². The van der Waals surface area contributed by atoms with E-state index in [1.807, 2.05) is 12.3 Å². The Balaban J connectivity index is 1.36. The second-order valence-corrected chi connectivity index (χ2v) is 10.2. The third-order valence-corrected chi connectivity index (χ3v) is 7.40. The van der Waals surface area contributed by atoms with Crippen LogP contribution in [-0.2, 0) is 6.42 Å². The standard InChI is InChI=1S/C28H37N7O2/c1-4-30-25(17-5-6-17)24-21(29)9-7-19-16-31-28(34-26(19)24)33-22-10-8-18(15-23(22)37-3)27(36)32-20-11-13-35(2)14-12-20/h8,10,15-17,20H,4-7,9,11-14,29H2,1-3H3,(H,32,36)(H,31,33,34). The number of nitrogens with two attached hydrogens (primary N) is 1. The zero-order chi connectivity index (χ0) is 25.9. The summed E-state index contributed by atoms with van der Waals surface area (Å²) in [6, 6.07) is 5.59. The molecule has 0 bridgehead atoms. The zero-order valence-electron chi connectivity index (χ0n) is 22.0. The lowest BCUT2D eigenvalue weighted by atomic mass is 9.89. The number of hydrogen-bond donors (Lipinski definition) is 3. The lowest BCUT2D eigenvalue weighted by Crippen LogP contribution is -2.43. The number of aryl methyl sites for hydroxylation is 1. The molecule has 1 saturated heterocycles. The highest BCUT2D eigenvalue weighted by atomic mass is 16.5. The number of allylic oxidation sites excluding steroid dienone is 2. The molecule has 9 nitrogen and oxygen atoms in total. The largest absolute Gasteiger partial charge is 0.495 e. The quantitative estimate of drug-likeness (QED) is 0.472. The molecule has 2 aromatic rings. The molecule has 2 heterocycles. The van der Waals surface area contributed by atoms with Crippen LogP contribution in [0.2, 0.25) is 0 Å². The predicted octanol–water partition coefficient (Wildman–Crippen LogP) is 3.54. The summed E-state index contributed by atoms with van der Waals surface area (Å²) in [5.41, 5.74) is 12.7. The number of ether oxygens (including phenoxy) is 1. The van der Waals surface area contributed by atoms with E-state index < -0.39 is 0 Å². The topological polar surface area (TPSA) is 118 Å². The summed E-state index contributed by atoms with van der Waals surface area (Å²) in [7, 11) is 3.70. The molecule has 4 N–H and O–H groups in total. The number of likely N-dealkylation sites (tertiary alicyclic amines) is 1. The first-order chi connectivity index (χ1) is 18.0. The van der Waals surface area contributed by atoms with Gasteiger partial charge in [-0.05, 0) is 89.3 Å². The Morgan fingerprint density at radius 2 is 2.00 bits per heavy atom. The number of aliphatic imine (C=N–C) groups is 1. The maximum absolute atomic E-state index is 12.9. The third-order valence-electron chi connectivity index (χ3n) is 7.40. The lowest BCUT2D eigenvalue weighted by Gasteiger charge is -2.29. The highest BCUT2D eigenvalue weighted by molar-refractivity contribution is 6.26. The molecule has 2 aliphatic carbocycles. The summed E-state index contributed by atoms with van der Waals surface area (Å²) < 4.78 is 5.62. The molecule has 3 aliphatic rings. The third kappa shape index (κ3) is 5.61. The van der Waals surface area contributed by atoms with Crippen LogP contribution in [0.5, 0.6) is 5.75 Å². The van der Waals surface area contributed by atoms with Gasteiger partial charge in [0.25, 0.3) is 5.91 Å². The number of nitrogens with one attached hydrogen (secondary N) is 2. The van der Waals surface area contributed by atoms with Gasteiger partial charge in [0.1, 0.15) is 5.75 Å². The van der Waals surface area contributed by atoms with E-state index in [4.69, 9.17) is 20.4 Å². The molecule has 196 valence electrons. The molecule has 0 atom stereocenters. The predicted molar refractivity (Wildman–Crippen MR) is 146 cm³/mol. The maximum atomic E-state index is 12.9. The number of carbonyl (C=O) groups excluding carboxylic acids is 1. The molecular weight excluding hydrogens is 466 g/mol. The highest BCUT2D eigenvalue weighted by Gasteiger charge is 2.34. The Morgan fingerprint density at radius 1 is 1.22 bits per heavy atom. The number of methoxy groups -OCH3 is 1. The summed E-state index contributed by atoms with van der Waals surface area (Å²) >= 11 is 0. The van der Waals surface area contributed by atoms with Crippen molar-refractivity contribution in [2.45, 2.75) is 51.5 Å². The normalized spacial score (nSPS) is 18.9. The molecule has 1 aromatic carbocycles. The summed E-state index contributed by atoms with van der Waals surface area (Å²) in [5, 5.41) is 6.45. The van der Waals surface area contributed by atoms with E-state index in [9.17, 15) is 4.79 Å². The number of amides is 1. The second kappa shape index (κ2) is 10.9. The molecule has 0 spiro atoms. The number of anilines is 2. The molecule has 9 heteroatoms. The minimum Gasteiger partial charge on any atom is -0.495 e. The number of carbonyl (C=O) groups is 1. The molecular formula is C28H37N7O2. The molecule has 1 amide bonds. The molecule has 1 aromatic heterocycles. The number of rotatable bonds is 8. The molecule has 1 aliphatic heterocycles. The summed E-state index contributed by atoms with van der Waals surface area (Å²) in [4.78, 5) is 29.4. The first kappa shape index (κ1) is 25.2. The van der Waals surface area contributed by atoms with Crippen LogP contribution in [0, 0.1) is 5.92 Å². The van der Waals surface area contributed by atoms with Crippen molar-refractivity contribution in [2.75, 3.05) is 39.1 Å². The minimum absolute atomic E-state index is 0.0856. The van der Waals surface area contributed by atoms with Crippen LogP contribution in [0.3, 0.4) is 0 Å². The van der Waals surface area contributed by atoms with Gasteiger partial charge in [0, 0.05) is 47.2 Å². The van der Waals surface area contributed by atoms with Gasteiger partial charge in [0.15, 0.2) is 0 Å². The average Bonchev–Trinajstić information content (AvgIpc) is 3.75. The van der Waals surface area contributed by atoms with Crippen LogP contribution in [0.1, 0.15) is 60.6 Å². The summed E-state index contributed by atoms with van der Waals surface area (Å²) in [6.45, 7) is 4.77. The minimum atomic E-state index is -0.0856. The van der Waals surface area contributed by atoms with Gasteiger partial charge < -0.3 is 26.0 Å². The average molecular weight is 504 g/mol. The van der Waals surface area contributed by atoms with E-state index in [0.29, 0.717) is 28.9 Å². The van der Waals surface area contributed by atoms with E-state index in [-0.39, 0.29) is 11.9 Å². The van der Waals surface area contributed by atoms with Crippen molar-refractivity contribution in [1.82, 2.24) is 20.2 Å². The van der Waals surface area contributed by atoms with Gasteiger partial charge in [-0.25, -0.2) is 9.97 Å². The van der Waals surface area contributed by atoms with Crippen LogP contribution < -0.4 is 21.1 Å². The van der Waals surface area contributed by atoms with Crippen molar-refractivity contribution >= 4 is 28.8 Å². The van der Waals surface area contributed by atoms with Crippen LogP contribution in [0.15, 0.2) is 35.1 Å². The van der Waals surface area contributed by atoms with Gasteiger partial charge in [-0.3, -0.25) is 9.79 Å². The first-order valence-electron chi connectivity index (χ1n) is 13.3. The van der Waals surface area contributed by atoms with Gasteiger partial charge in [-0.1, -0.05) is 0 Å². The molecule has 1 saturated carbocycles. The Labute approximate surface area is 218 Å². The smallest absolute Gasteiger partial charge is 0.251 e. The van der Waals surface area contributed by atoms with Gasteiger partial charge in [-0.15, -0.1) is 0 Å². The highest BCUT2D eigenvalue weighted by Crippen LogP contribution is 2.40. The van der Waals surface area contributed by atoms with Crippen molar-refractivity contribution in [1.29, 1.82) is 0 Å². The first-order valence-corrected chi connectivity index (χ1v) is 13.3. The fourth-order valence-electron chi connectivity index (χ4n) is 5.12.